The highest BCUT2D eigenvalue weighted by molar-refractivity contribution is 6.01. The Kier molecular flexibility index (Phi) is 5.74. The van der Waals surface area contributed by atoms with Crippen molar-refractivity contribution >= 4 is 23.4 Å². The molecule has 1 aliphatic rings. The first-order valence-corrected chi connectivity index (χ1v) is 8.78. The fourth-order valence-electron chi connectivity index (χ4n) is 3.11. The predicted molar refractivity (Wildman–Crippen MR) is 104 cm³/mol. The summed E-state index contributed by atoms with van der Waals surface area (Å²) in [5.74, 6) is -1.34. The molecular weight excluding hydrogens is 379 g/mol. The molecule has 1 aliphatic heterocycles. The number of phenolic OH excluding ortho intramolecular Hbond substituents is 1. The van der Waals surface area contributed by atoms with Gasteiger partial charge < -0.3 is 14.9 Å². The number of piperazine rings is 1. The topological polar surface area (TPSA) is 111 Å². The Morgan fingerprint density at radius 3 is 2.52 bits per heavy atom. The Balaban J connectivity index is 1.73. The average Bonchev–Trinajstić information content (AvgIpc) is 2.73. The van der Waals surface area contributed by atoms with Gasteiger partial charge in [0, 0.05) is 32.2 Å². The Labute approximate surface area is 165 Å². The molecule has 2 aromatic rings. The maximum absolute atomic E-state index is 13.9. The third-order valence-corrected chi connectivity index (χ3v) is 4.62. The van der Waals surface area contributed by atoms with Crippen molar-refractivity contribution in [3.05, 3.63) is 69.5 Å². The van der Waals surface area contributed by atoms with Crippen molar-refractivity contribution in [1.29, 1.82) is 5.26 Å². The van der Waals surface area contributed by atoms with E-state index in [2.05, 4.69) is 0 Å². The quantitative estimate of drug-likeness (QED) is 0.368. The minimum absolute atomic E-state index is 0.177. The molecule has 1 fully saturated rings. The van der Waals surface area contributed by atoms with Crippen LogP contribution < -0.4 is 4.90 Å². The lowest BCUT2D eigenvalue weighted by atomic mass is 10.1. The van der Waals surface area contributed by atoms with Crippen LogP contribution in [0.3, 0.4) is 0 Å². The molecule has 8 nitrogen and oxygen atoms in total. The van der Waals surface area contributed by atoms with Crippen LogP contribution in [-0.2, 0) is 4.79 Å². The number of benzene rings is 2. The normalized spacial score (nSPS) is 14.4. The number of nitrogens with zero attached hydrogens (tertiary/aromatic N) is 4. The zero-order chi connectivity index (χ0) is 21.0. The molecule has 1 heterocycles. The van der Waals surface area contributed by atoms with Gasteiger partial charge in [-0.05, 0) is 29.8 Å². The van der Waals surface area contributed by atoms with Gasteiger partial charge in [-0.1, -0.05) is 18.2 Å². The van der Waals surface area contributed by atoms with Gasteiger partial charge in [0.15, 0.2) is 5.75 Å². The zero-order valence-electron chi connectivity index (χ0n) is 15.3. The van der Waals surface area contributed by atoms with Gasteiger partial charge in [-0.3, -0.25) is 14.9 Å². The second-order valence-corrected chi connectivity index (χ2v) is 6.41. The number of nitriles is 1. The van der Waals surface area contributed by atoms with Gasteiger partial charge >= 0.3 is 5.69 Å². The van der Waals surface area contributed by atoms with Crippen LogP contribution in [0, 0.1) is 27.3 Å². The van der Waals surface area contributed by atoms with E-state index >= 15 is 0 Å². The summed E-state index contributed by atoms with van der Waals surface area (Å²) in [5, 5.41) is 29.8. The van der Waals surface area contributed by atoms with Crippen molar-refractivity contribution in [1.82, 2.24) is 4.90 Å². The second-order valence-electron chi connectivity index (χ2n) is 6.41. The Hall–Kier alpha value is -3.93. The molecule has 9 heteroatoms. The van der Waals surface area contributed by atoms with Gasteiger partial charge in [-0.15, -0.1) is 0 Å². The Morgan fingerprint density at radius 2 is 1.90 bits per heavy atom. The van der Waals surface area contributed by atoms with Gasteiger partial charge in [0.1, 0.15) is 17.5 Å². The van der Waals surface area contributed by atoms with Crippen LogP contribution in [0.5, 0.6) is 5.75 Å². The van der Waals surface area contributed by atoms with E-state index < -0.39 is 22.3 Å². The molecule has 0 aliphatic carbocycles. The number of phenols is 1. The SMILES string of the molecule is N#C/C(=C\c1ccc(O)c([N+](=O)[O-])c1)C(=O)N1CCN(c2ccccc2F)CC1. The molecule has 3 rings (SSSR count). The molecule has 29 heavy (non-hydrogen) atoms. The molecular formula is C20H17FN4O4. The van der Waals surface area contributed by atoms with Crippen molar-refractivity contribution < 1.29 is 19.2 Å². The third kappa shape index (κ3) is 4.32. The number of hydrogen-bond donors (Lipinski definition) is 1. The number of halogens is 1. The largest absolute Gasteiger partial charge is 0.502 e. The number of anilines is 1. The van der Waals surface area contributed by atoms with E-state index in [1.807, 2.05) is 11.0 Å². The fourth-order valence-corrected chi connectivity index (χ4v) is 3.11. The number of nitro groups is 1. The molecule has 1 saturated heterocycles. The molecule has 1 amide bonds. The minimum atomic E-state index is -0.748. The predicted octanol–water partition coefficient (Wildman–Crippen LogP) is 2.70. The molecule has 1 N–H and O–H groups in total. The van der Waals surface area contributed by atoms with Gasteiger partial charge in [0.2, 0.25) is 0 Å². The van der Waals surface area contributed by atoms with Crippen LogP contribution in [0.2, 0.25) is 0 Å². The maximum Gasteiger partial charge on any atom is 0.311 e. The molecule has 148 valence electrons. The number of para-hydroxylation sites is 1. The van der Waals surface area contributed by atoms with E-state index in [4.69, 9.17) is 0 Å². The lowest BCUT2D eigenvalue weighted by Gasteiger charge is -2.36. The molecule has 0 bridgehead atoms. The van der Waals surface area contributed by atoms with Gasteiger partial charge in [0.05, 0.1) is 10.6 Å². The molecule has 2 aromatic carbocycles. The highest BCUT2D eigenvalue weighted by atomic mass is 19.1. The van der Waals surface area contributed by atoms with Crippen LogP contribution in [-0.4, -0.2) is 47.0 Å². The monoisotopic (exact) mass is 396 g/mol. The smallest absolute Gasteiger partial charge is 0.311 e. The Bertz CT molecular complexity index is 1020. The zero-order valence-corrected chi connectivity index (χ0v) is 15.3. The molecule has 0 atom stereocenters. The van der Waals surface area contributed by atoms with Gasteiger partial charge in [0.25, 0.3) is 5.91 Å². The first-order valence-electron chi connectivity index (χ1n) is 8.78. The van der Waals surface area contributed by atoms with E-state index in [1.165, 1.54) is 23.1 Å². The number of rotatable bonds is 4. The summed E-state index contributed by atoms with van der Waals surface area (Å²) < 4.78 is 13.9. The minimum Gasteiger partial charge on any atom is -0.502 e. The van der Waals surface area contributed by atoms with Crippen LogP contribution in [0.1, 0.15) is 5.56 Å². The number of hydrogen-bond acceptors (Lipinski definition) is 6. The van der Waals surface area contributed by atoms with E-state index in [0.29, 0.717) is 31.9 Å². The molecule has 0 radical (unpaired) electrons. The first kappa shape index (κ1) is 19.8. The van der Waals surface area contributed by atoms with Crippen molar-refractivity contribution in [2.24, 2.45) is 0 Å². The van der Waals surface area contributed by atoms with Crippen LogP contribution >= 0.6 is 0 Å². The molecule has 0 aromatic heterocycles. The van der Waals surface area contributed by atoms with E-state index in [1.54, 1.807) is 18.2 Å². The number of carbonyl (C=O) groups is 1. The van der Waals surface area contributed by atoms with E-state index in [-0.39, 0.29) is 17.0 Å². The summed E-state index contributed by atoms with van der Waals surface area (Å²) in [5.41, 5.74) is 0.0303. The third-order valence-electron chi connectivity index (χ3n) is 4.62. The number of carbonyl (C=O) groups excluding carboxylic acids is 1. The van der Waals surface area contributed by atoms with Crippen LogP contribution in [0.25, 0.3) is 6.08 Å². The van der Waals surface area contributed by atoms with Crippen LogP contribution in [0.15, 0.2) is 48.0 Å². The average molecular weight is 396 g/mol. The van der Waals surface area contributed by atoms with E-state index in [9.17, 15) is 29.7 Å². The highest BCUT2D eigenvalue weighted by Crippen LogP contribution is 2.27. The summed E-state index contributed by atoms with van der Waals surface area (Å²) in [4.78, 5) is 26.2. The van der Waals surface area contributed by atoms with Crippen molar-refractivity contribution in [3.8, 4) is 11.8 Å². The molecule has 0 unspecified atom stereocenters. The standard InChI is InChI=1S/C20H17FN4O4/c21-16-3-1-2-4-17(16)23-7-9-24(10-8-23)20(27)15(13-22)11-14-5-6-19(26)18(12-14)25(28)29/h1-6,11-12,26H,7-10H2/b15-11+. The molecule has 0 saturated carbocycles. The van der Waals surface area contributed by atoms with Gasteiger partial charge in [-0.25, -0.2) is 4.39 Å². The highest BCUT2D eigenvalue weighted by Gasteiger charge is 2.25. The number of amides is 1. The fraction of sp³-hybridized carbons (Fsp3) is 0.200. The van der Waals surface area contributed by atoms with Crippen LogP contribution in [0.4, 0.5) is 15.8 Å². The first-order chi connectivity index (χ1) is 13.9. The summed E-state index contributed by atoms with van der Waals surface area (Å²) in [6, 6.07) is 11.8. The number of nitro benzene ring substituents is 1. The summed E-state index contributed by atoms with van der Waals surface area (Å²) in [6.07, 6.45) is 1.25. The molecule has 0 spiro atoms. The van der Waals surface area contributed by atoms with Gasteiger partial charge in [-0.2, -0.15) is 5.26 Å². The van der Waals surface area contributed by atoms with Crippen molar-refractivity contribution in [2.75, 3.05) is 31.1 Å². The summed E-state index contributed by atoms with van der Waals surface area (Å²) in [6.45, 7) is 1.44. The Morgan fingerprint density at radius 1 is 1.21 bits per heavy atom. The van der Waals surface area contributed by atoms with Crippen molar-refractivity contribution in [3.63, 3.8) is 0 Å². The van der Waals surface area contributed by atoms with E-state index in [0.717, 1.165) is 12.1 Å². The van der Waals surface area contributed by atoms with Crippen molar-refractivity contribution in [2.45, 2.75) is 0 Å². The maximum atomic E-state index is 13.9. The second kappa shape index (κ2) is 8.39. The summed E-state index contributed by atoms with van der Waals surface area (Å²) >= 11 is 0. The lowest BCUT2D eigenvalue weighted by molar-refractivity contribution is -0.385. The number of aromatic hydroxyl groups is 1. The summed E-state index contributed by atoms with van der Waals surface area (Å²) in [7, 11) is 0. The lowest BCUT2D eigenvalue weighted by Crippen LogP contribution is -2.49.